The Balaban J connectivity index is 1.18. The van der Waals surface area contributed by atoms with Crippen molar-refractivity contribution in [2.24, 2.45) is 0 Å². The van der Waals surface area contributed by atoms with E-state index >= 15 is 0 Å². The highest BCUT2D eigenvalue weighted by molar-refractivity contribution is 7.99. The SMILES string of the molecule is C=C/C=C(\C1=C(C)C2(c3ccccc3Sc3ccccc32)c2ccccc2C1(C)C)c1cccc(-c2nc(-c3ccccc3)cc(-c3cccc(-c4ccccc4)c3)n2)c1. The number of allylic oxidation sites excluding steroid dienone is 5. The van der Waals surface area contributed by atoms with Crippen LogP contribution in [0.15, 0.2) is 228 Å². The van der Waals surface area contributed by atoms with Gasteiger partial charge >= 0.3 is 0 Å². The summed E-state index contributed by atoms with van der Waals surface area (Å²) in [4.78, 5) is 13.2. The molecule has 288 valence electrons. The van der Waals surface area contributed by atoms with Gasteiger partial charge in [-0.2, -0.15) is 0 Å². The molecule has 3 heteroatoms. The molecular weight excluding hydrogens is 745 g/mol. The van der Waals surface area contributed by atoms with Crippen molar-refractivity contribution in [2.75, 3.05) is 0 Å². The van der Waals surface area contributed by atoms with Crippen LogP contribution in [0.4, 0.5) is 0 Å². The first kappa shape index (κ1) is 37.5. The third-order valence-corrected chi connectivity index (χ3v) is 13.6. The van der Waals surface area contributed by atoms with Gasteiger partial charge in [0, 0.05) is 31.9 Å². The van der Waals surface area contributed by atoms with Gasteiger partial charge in [-0.15, -0.1) is 0 Å². The molecule has 0 atom stereocenters. The Hall–Kier alpha value is -6.81. The minimum atomic E-state index is -0.492. The first-order valence-corrected chi connectivity index (χ1v) is 21.4. The number of fused-ring (bicyclic) bond motifs is 6. The lowest BCUT2D eigenvalue weighted by molar-refractivity contribution is 0.546. The number of hydrogen-bond acceptors (Lipinski definition) is 3. The van der Waals surface area contributed by atoms with Gasteiger partial charge in [0.15, 0.2) is 5.82 Å². The van der Waals surface area contributed by atoms with Crippen molar-refractivity contribution >= 4 is 17.3 Å². The summed E-state index contributed by atoms with van der Waals surface area (Å²) < 4.78 is 0. The maximum Gasteiger partial charge on any atom is 0.160 e. The second-order valence-corrected chi connectivity index (χ2v) is 17.3. The molecule has 1 aliphatic carbocycles. The molecule has 0 saturated heterocycles. The molecule has 0 N–H and O–H groups in total. The van der Waals surface area contributed by atoms with Crippen LogP contribution in [0.3, 0.4) is 0 Å². The maximum atomic E-state index is 5.32. The highest BCUT2D eigenvalue weighted by Gasteiger charge is 2.52. The van der Waals surface area contributed by atoms with Gasteiger partial charge in [-0.3, -0.25) is 0 Å². The van der Waals surface area contributed by atoms with E-state index < -0.39 is 5.41 Å². The first-order chi connectivity index (χ1) is 29.4. The molecule has 0 fully saturated rings. The van der Waals surface area contributed by atoms with E-state index in [0.717, 1.165) is 44.8 Å². The number of benzene rings is 7. The van der Waals surface area contributed by atoms with E-state index in [1.54, 1.807) is 0 Å². The first-order valence-electron chi connectivity index (χ1n) is 20.6. The fourth-order valence-corrected chi connectivity index (χ4v) is 11.0. The summed E-state index contributed by atoms with van der Waals surface area (Å²) in [6.07, 6.45) is 4.15. The standard InChI is InChI=1S/C57H44N2S/c1-5-20-45(54-38(2)57(47-30-13-12-29-46(47)56(54,3)4)48-31-14-16-33-52(48)60-53-34-17-15-32-49(53)57)42-26-19-28-44(36-42)55-58-50(40-23-10-7-11-24-40)37-51(59-55)43-27-18-25-41(35-43)39-21-8-6-9-22-39/h5-37H,1H2,2-4H3/b45-20-. The summed E-state index contributed by atoms with van der Waals surface area (Å²) >= 11 is 1.87. The van der Waals surface area contributed by atoms with Gasteiger partial charge < -0.3 is 0 Å². The lowest BCUT2D eigenvalue weighted by Gasteiger charge is -2.51. The third-order valence-electron chi connectivity index (χ3n) is 12.4. The summed E-state index contributed by atoms with van der Waals surface area (Å²) in [6, 6.07) is 67.6. The Kier molecular flexibility index (Phi) is 9.42. The summed E-state index contributed by atoms with van der Waals surface area (Å²) in [7, 11) is 0. The van der Waals surface area contributed by atoms with E-state index in [-0.39, 0.29) is 5.41 Å². The second kappa shape index (κ2) is 15.1. The van der Waals surface area contributed by atoms with Crippen LogP contribution < -0.4 is 0 Å². The van der Waals surface area contributed by atoms with Gasteiger partial charge in [-0.1, -0.05) is 202 Å². The van der Waals surface area contributed by atoms with Gasteiger partial charge in [0.05, 0.1) is 16.8 Å². The molecule has 1 spiro atoms. The maximum absolute atomic E-state index is 5.32. The second-order valence-electron chi connectivity index (χ2n) is 16.2. The van der Waals surface area contributed by atoms with Gasteiger partial charge in [0.1, 0.15) is 0 Å². The Bertz CT molecular complexity index is 2960. The monoisotopic (exact) mass is 788 g/mol. The number of hydrogen-bond donors (Lipinski definition) is 0. The lowest BCUT2D eigenvalue weighted by Crippen LogP contribution is -2.43. The molecule has 0 saturated carbocycles. The molecule has 10 rings (SSSR count). The van der Waals surface area contributed by atoms with Crippen molar-refractivity contribution in [3.63, 3.8) is 0 Å². The molecule has 0 radical (unpaired) electrons. The molecule has 1 aliphatic heterocycles. The van der Waals surface area contributed by atoms with Gasteiger partial charge in [0.25, 0.3) is 0 Å². The number of nitrogens with zero attached hydrogens (tertiary/aromatic N) is 2. The molecule has 7 aromatic carbocycles. The summed E-state index contributed by atoms with van der Waals surface area (Å²) in [5, 5.41) is 0. The van der Waals surface area contributed by atoms with Crippen molar-refractivity contribution in [1.82, 2.24) is 9.97 Å². The van der Waals surface area contributed by atoms with Crippen molar-refractivity contribution in [2.45, 2.75) is 41.4 Å². The van der Waals surface area contributed by atoms with Crippen LogP contribution >= 0.6 is 11.8 Å². The van der Waals surface area contributed by atoms with E-state index in [4.69, 9.17) is 9.97 Å². The molecule has 8 aromatic rings. The third kappa shape index (κ3) is 6.12. The van der Waals surface area contributed by atoms with E-state index in [2.05, 4.69) is 215 Å². The summed E-state index contributed by atoms with van der Waals surface area (Å²) in [5.41, 5.74) is 16.5. The van der Waals surface area contributed by atoms with Crippen LogP contribution in [0.1, 0.15) is 48.6 Å². The predicted molar refractivity (Wildman–Crippen MR) is 251 cm³/mol. The molecule has 2 nitrogen and oxygen atoms in total. The van der Waals surface area contributed by atoms with Crippen LogP contribution in [0.2, 0.25) is 0 Å². The van der Waals surface area contributed by atoms with E-state index in [9.17, 15) is 0 Å². The van der Waals surface area contributed by atoms with E-state index in [1.807, 2.05) is 23.9 Å². The molecular formula is C57H44N2S. The molecule has 0 unspecified atom stereocenters. The Labute approximate surface area is 357 Å². The topological polar surface area (TPSA) is 25.8 Å². The van der Waals surface area contributed by atoms with Crippen LogP contribution in [0.5, 0.6) is 0 Å². The highest BCUT2D eigenvalue weighted by atomic mass is 32.2. The lowest BCUT2D eigenvalue weighted by atomic mass is 9.53. The Morgan fingerprint density at radius 2 is 1.02 bits per heavy atom. The normalized spacial score (nSPS) is 14.9. The quantitative estimate of drug-likeness (QED) is 0.150. The van der Waals surface area contributed by atoms with E-state index in [0.29, 0.717) is 5.82 Å². The van der Waals surface area contributed by atoms with Gasteiger partial charge in [-0.05, 0) is 92.9 Å². The number of rotatable bonds is 7. The zero-order valence-electron chi connectivity index (χ0n) is 34.1. The summed E-state index contributed by atoms with van der Waals surface area (Å²) in [5.74, 6) is 0.679. The van der Waals surface area contributed by atoms with Crippen molar-refractivity contribution in [3.8, 4) is 45.0 Å². The van der Waals surface area contributed by atoms with Gasteiger partial charge in [0.2, 0.25) is 0 Å². The molecule has 0 amide bonds. The van der Waals surface area contributed by atoms with Crippen LogP contribution in [-0.2, 0) is 10.8 Å². The van der Waals surface area contributed by atoms with Crippen LogP contribution in [0, 0.1) is 0 Å². The fraction of sp³-hybridized carbons (Fsp3) is 0.0877. The summed E-state index contributed by atoms with van der Waals surface area (Å²) in [6.45, 7) is 11.4. The Morgan fingerprint density at radius 3 is 1.68 bits per heavy atom. The average Bonchev–Trinajstić information content (AvgIpc) is 3.30. The number of aromatic nitrogens is 2. The van der Waals surface area contributed by atoms with Crippen molar-refractivity contribution < 1.29 is 0 Å². The minimum absolute atomic E-state index is 0.341. The molecule has 60 heavy (non-hydrogen) atoms. The molecule has 2 aliphatic rings. The average molecular weight is 789 g/mol. The zero-order chi connectivity index (χ0) is 40.8. The van der Waals surface area contributed by atoms with E-state index in [1.165, 1.54) is 48.8 Å². The molecule has 2 heterocycles. The highest BCUT2D eigenvalue weighted by Crippen LogP contribution is 2.62. The largest absolute Gasteiger partial charge is 0.228 e. The molecule has 1 aromatic heterocycles. The van der Waals surface area contributed by atoms with Crippen LogP contribution in [0.25, 0.3) is 50.6 Å². The van der Waals surface area contributed by atoms with Crippen LogP contribution in [-0.4, -0.2) is 9.97 Å². The smallest absolute Gasteiger partial charge is 0.160 e. The van der Waals surface area contributed by atoms with Gasteiger partial charge in [-0.25, -0.2) is 9.97 Å². The fourth-order valence-electron chi connectivity index (χ4n) is 9.81. The Morgan fingerprint density at radius 1 is 0.500 bits per heavy atom. The minimum Gasteiger partial charge on any atom is -0.228 e. The van der Waals surface area contributed by atoms with Crippen molar-refractivity contribution in [3.05, 3.63) is 246 Å². The van der Waals surface area contributed by atoms with Crippen molar-refractivity contribution in [1.29, 1.82) is 0 Å². The molecule has 0 bridgehead atoms. The zero-order valence-corrected chi connectivity index (χ0v) is 34.9. The predicted octanol–water partition coefficient (Wildman–Crippen LogP) is 14.8.